The van der Waals surface area contributed by atoms with E-state index in [2.05, 4.69) is 9.98 Å². The lowest BCUT2D eigenvalue weighted by atomic mass is 10.2. The molecule has 4 nitrogen and oxygen atoms in total. The average molecular weight is 174 g/mol. The van der Waals surface area contributed by atoms with E-state index in [1.807, 2.05) is 0 Å². The molecule has 0 heterocycles. The fraction of sp³-hybridized carbons (Fsp3) is 0.111. The van der Waals surface area contributed by atoms with Crippen LogP contribution in [0.1, 0.15) is 5.56 Å². The third kappa shape index (κ3) is 1.97. The number of isocyanates is 2. The van der Waals surface area contributed by atoms with Gasteiger partial charge >= 0.3 is 0 Å². The van der Waals surface area contributed by atoms with Gasteiger partial charge in [-0.3, -0.25) is 0 Å². The van der Waals surface area contributed by atoms with Crippen molar-refractivity contribution in [3.63, 3.8) is 0 Å². The van der Waals surface area contributed by atoms with Crippen molar-refractivity contribution in [2.45, 2.75) is 6.92 Å². The molecule has 0 unspecified atom stereocenters. The molecule has 0 aliphatic heterocycles. The van der Waals surface area contributed by atoms with Crippen LogP contribution in [0.3, 0.4) is 0 Å². The quantitative estimate of drug-likeness (QED) is 0.508. The van der Waals surface area contributed by atoms with E-state index in [-0.39, 0.29) is 0 Å². The van der Waals surface area contributed by atoms with Gasteiger partial charge in [-0.15, -0.1) is 0 Å². The largest absolute Gasteiger partial charge is 0.240 e. The summed E-state index contributed by atoms with van der Waals surface area (Å²) in [6, 6.07) is 5.06. The molecular weight excluding hydrogens is 168 g/mol. The van der Waals surface area contributed by atoms with Gasteiger partial charge in [0.05, 0.1) is 0 Å². The molecule has 0 bridgehead atoms. The molecule has 0 amide bonds. The first kappa shape index (κ1) is 9.07. The van der Waals surface area contributed by atoms with Gasteiger partial charge in [-0.1, -0.05) is 12.1 Å². The zero-order valence-electron chi connectivity index (χ0n) is 6.94. The lowest BCUT2D eigenvalue weighted by Crippen LogP contribution is -1.74. The normalized spacial score (nSPS) is 8.38. The molecular formula is C9H6N2O2. The third-order valence-corrected chi connectivity index (χ3v) is 1.54. The Bertz CT molecular complexity index is 414. The summed E-state index contributed by atoms with van der Waals surface area (Å²) in [5.41, 5.74) is 1.46. The van der Waals surface area contributed by atoms with Gasteiger partial charge in [0.2, 0.25) is 12.2 Å². The highest BCUT2D eigenvalue weighted by Crippen LogP contribution is 2.30. The first-order valence-corrected chi connectivity index (χ1v) is 3.55. The number of rotatable bonds is 2. The van der Waals surface area contributed by atoms with E-state index in [0.29, 0.717) is 11.4 Å². The van der Waals surface area contributed by atoms with Crippen LogP contribution in [0.4, 0.5) is 11.4 Å². The molecule has 64 valence electrons. The molecule has 0 spiro atoms. The fourth-order valence-electron chi connectivity index (χ4n) is 0.974. The molecule has 4 heteroatoms. The van der Waals surface area contributed by atoms with Crippen LogP contribution in [0.2, 0.25) is 0 Å². The van der Waals surface area contributed by atoms with Crippen LogP contribution in [-0.4, -0.2) is 12.2 Å². The van der Waals surface area contributed by atoms with Crippen molar-refractivity contribution in [2.24, 2.45) is 9.98 Å². The molecule has 1 aromatic rings. The summed E-state index contributed by atoms with van der Waals surface area (Å²) in [6.07, 6.45) is 2.80. The number of para-hydroxylation sites is 1. The molecule has 0 aromatic heterocycles. The van der Waals surface area contributed by atoms with Crippen molar-refractivity contribution in [2.75, 3.05) is 0 Å². The summed E-state index contributed by atoms with van der Waals surface area (Å²) in [4.78, 5) is 26.9. The van der Waals surface area contributed by atoms with Gasteiger partial charge in [-0.05, 0) is 18.6 Å². The first-order valence-electron chi connectivity index (χ1n) is 3.55. The topological polar surface area (TPSA) is 58.9 Å². The molecule has 0 N–H and O–H groups in total. The summed E-state index contributed by atoms with van der Waals surface area (Å²) in [5, 5.41) is 0. The van der Waals surface area contributed by atoms with E-state index >= 15 is 0 Å². The second-order valence-corrected chi connectivity index (χ2v) is 2.35. The van der Waals surface area contributed by atoms with E-state index in [1.165, 1.54) is 12.2 Å². The average Bonchev–Trinajstić information content (AvgIpc) is 2.11. The van der Waals surface area contributed by atoms with Gasteiger partial charge in [0.1, 0.15) is 11.4 Å². The SMILES string of the molecule is Cc1cccc(N=C=O)c1N=C=O. The lowest BCUT2D eigenvalue weighted by Gasteiger charge is -1.99. The van der Waals surface area contributed by atoms with Gasteiger partial charge in [0, 0.05) is 0 Å². The highest BCUT2D eigenvalue weighted by atomic mass is 16.1. The summed E-state index contributed by atoms with van der Waals surface area (Å²) < 4.78 is 0. The summed E-state index contributed by atoms with van der Waals surface area (Å²) >= 11 is 0. The van der Waals surface area contributed by atoms with E-state index in [0.717, 1.165) is 5.56 Å². The Kier molecular flexibility index (Phi) is 2.87. The standard InChI is InChI=1S/C9H6N2O2/c1-7-3-2-4-8(10-5-12)9(7)11-6-13/h2-4H,1H3. The van der Waals surface area contributed by atoms with Crippen LogP contribution in [0.15, 0.2) is 28.2 Å². The zero-order valence-corrected chi connectivity index (χ0v) is 6.94. The van der Waals surface area contributed by atoms with E-state index < -0.39 is 0 Å². The summed E-state index contributed by atoms with van der Waals surface area (Å²) in [5.74, 6) is 0. The van der Waals surface area contributed by atoms with Gasteiger partial charge < -0.3 is 0 Å². The molecule has 1 rings (SSSR count). The third-order valence-electron chi connectivity index (χ3n) is 1.54. The Morgan fingerprint density at radius 1 is 1.15 bits per heavy atom. The minimum Gasteiger partial charge on any atom is -0.211 e. The predicted octanol–water partition coefficient (Wildman–Crippen LogP) is 1.93. The van der Waals surface area contributed by atoms with Crippen LogP contribution in [0, 0.1) is 6.92 Å². The molecule has 0 aliphatic rings. The molecule has 0 radical (unpaired) electrons. The van der Waals surface area contributed by atoms with Crippen LogP contribution in [0.5, 0.6) is 0 Å². The summed E-state index contributed by atoms with van der Waals surface area (Å²) in [6.45, 7) is 1.76. The molecule has 13 heavy (non-hydrogen) atoms. The van der Waals surface area contributed by atoms with Crippen molar-refractivity contribution in [3.05, 3.63) is 23.8 Å². The predicted molar refractivity (Wildman–Crippen MR) is 46.7 cm³/mol. The Morgan fingerprint density at radius 3 is 2.46 bits per heavy atom. The Morgan fingerprint density at radius 2 is 1.85 bits per heavy atom. The van der Waals surface area contributed by atoms with E-state index in [4.69, 9.17) is 0 Å². The molecule has 0 fully saturated rings. The van der Waals surface area contributed by atoms with Gasteiger partial charge in [-0.25, -0.2) is 9.59 Å². The maximum Gasteiger partial charge on any atom is 0.240 e. The first-order chi connectivity index (χ1) is 6.29. The van der Waals surface area contributed by atoms with Crippen LogP contribution in [0.25, 0.3) is 0 Å². The minimum atomic E-state index is 0.332. The zero-order chi connectivity index (χ0) is 9.68. The Hall–Kier alpha value is -2.02. The van der Waals surface area contributed by atoms with Gasteiger partial charge in [-0.2, -0.15) is 9.98 Å². The highest BCUT2D eigenvalue weighted by molar-refractivity contribution is 5.71. The number of benzene rings is 1. The number of aliphatic imine (C=N–C) groups is 2. The molecule has 0 atom stereocenters. The van der Waals surface area contributed by atoms with Crippen LogP contribution < -0.4 is 0 Å². The van der Waals surface area contributed by atoms with Crippen molar-refractivity contribution in [3.8, 4) is 0 Å². The van der Waals surface area contributed by atoms with Crippen molar-refractivity contribution in [1.29, 1.82) is 0 Å². The lowest BCUT2D eigenvalue weighted by molar-refractivity contribution is 0.564. The van der Waals surface area contributed by atoms with Gasteiger partial charge in [0.25, 0.3) is 0 Å². The maximum absolute atomic E-state index is 10.1. The monoisotopic (exact) mass is 174 g/mol. The second kappa shape index (κ2) is 4.12. The minimum absolute atomic E-state index is 0.332. The Balaban J connectivity index is 3.41. The molecule has 0 saturated heterocycles. The van der Waals surface area contributed by atoms with Crippen LogP contribution >= 0.6 is 0 Å². The number of hydrogen-bond acceptors (Lipinski definition) is 4. The van der Waals surface area contributed by atoms with Gasteiger partial charge in [0.15, 0.2) is 0 Å². The molecule has 0 aliphatic carbocycles. The van der Waals surface area contributed by atoms with Crippen molar-refractivity contribution in [1.82, 2.24) is 0 Å². The highest BCUT2D eigenvalue weighted by Gasteiger charge is 2.02. The summed E-state index contributed by atoms with van der Waals surface area (Å²) in [7, 11) is 0. The number of nitrogens with zero attached hydrogens (tertiary/aromatic N) is 2. The van der Waals surface area contributed by atoms with E-state index in [1.54, 1.807) is 25.1 Å². The van der Waals surface area contributed by atoms with Crippen molar-refractivity contribution >= 4 is 23.5 Å². The molecule has 1 aromatic carbocycles. The van der Waals surface area contributed by atoms with E-state index in [9.17, 15) is 9.59 Å². The number of aryl methyl sites for hydroxylation is 1. The number of hydrogen-bond donors (Lipinski definition) is 0. The van der Waals surface area contributed by atoms with Crippen molar-refractivity contribution < 1.29 is 9.59 Å². The Labute approximate surface area is 74.6 Å². The smallest absolute Gasteiger partial charge is 0.211 e. The maximum atomic E-state index is 10.1. The van der Waals surface area contributed by atoms with Crippen LogP contribution in [-0.2, 0) is 9.59 Å². The second-order valence-electron chi connectivity index (χ2n) is 2.35. The fourth-order valence-corrected chi connectivity index (χ4v) is 0.974. The number of carbonyl (C=O) groups excluding carboxylic acids is 2. The molecule has 0 saturated carbocycles.